The first-order chi connectivity index (χ1) is 21.4. The Morgan fingerprint density at radius 1 is 0.977 bits per heavy atom. The smallest absolute Gasteiger partial charge is 0.337 e. The third-order valence-electron chi connectivity index (χ3n) is 7.20. The molecule has 1 amide bonds. The van der Waals surface area contributed by atoms with Gasteiger partial charge in [0.1, 0.15) is 17.3 Å². The van der Waals surface area contributed by atoms with Crippen LogP contribution >= 0.6 is 11.3 Å². The van der Waals surface area contributed by atoms with Gasteiger partial charge in [-0.3, -0.25) is 14.2 Å². The molecule has 0 spiro atoms. The molecule has 0 aliphatic carbocycles. The zero-order valence-corrected chi connectivity index (χ0v) is 24.9. The maximum absolute atomic E-state index is 14.0. The van der Waals surface area contributed by atoms with E-state index >= 15 is 0 Å². The third-order valence-corrected chi connectivity index (χ3v) is 8.18. The number of hydrogen-bond donors (Lipinski definition) is 1. The molecule has 5 aromatic rings. The fourth-order valence-corrected chi connectivity index (χ4v) is 6.09. The quantitative estimate of drug-likeness (QED) is 0.264. The highest BCUT2D eigenvalue weighted by atomic mass is 32.1. The Bertz CT molecular complexity index is 2090. The lowest BCUT2D eigenvalue weighted by Gasteiger charge is -2.25. The summed E-state index contributed by atoms with van der Waals surface area (Å²) < 4.78 is 18.2. The number of esters is 1. The molecule has 1 N–H and O–H groups in total. The number of nitrogens with one attached hydrogen (secondary N) is 1. The summed E-state index contributed by atoms with van der Waals surface area (Å²) in [7, 11) is 2.90. The van der Waals surface area contributed by atoms with Gasteiger partial charge < -0.3 is 19.2 Å². The van der Waals surface area contributed by atoms with Crippen molar-refractivity contribution in [1.29, 1.82) is 0 Å². The molecule has 6 rings (SSSR count). The lowest BCUT2D eigenvalue weighted by atomic mass is 9.95. The Hall–Kier alpha value is -5.48. The molecule has 0 saturated heterocycles. The fraction of sp³-hybridized carbons (Fsp3) is 0.118. The summed E-state index contributed by atoms with van der Waals surface area (Å²) in [6.45, 7) is 1.77. The Balaban J connectivity index is 1.41. The van der Waals surface area contributed by atoms with Gasteiger partial charge in [-0.15, -0.1) is 0 Å². The van der Waals surface area contributed by atoms with E-state index < -0.39 is 12.0 Å². The van der Waals surface area contributed by atoms with E-state index in [1.807, 2.05) is 42.5 Å². The summed E-state index contributed by atoms with van der Waals surface area (Å²) in [6, 6.07) is 26.1. The number of carbonyl (C=O) groups is 2. The monoisotopic (exact) mass is 605 g/mol. The van der Waals surface area contributed by atoms with Gasteiger partial charge in [0.2, 0.25) is 0 Å². The first-order valence-electron chi connectivity index (χ1n) is 13.7. The molecule has 44 heavy (non-hydrogen) atoms. The topological polar surface area (TPSA) is 112 Å². The normalized spacial score (nSPS) is 14.5. The van der Waals surface area contributed by atoms with Crippen LogP contribution in [0.15, 0.2) is 116 Å². The number of furan rings is 1. The van der Waals surface area contributed by atoms with Crippen molar-refractivity contribution < 1.29 is 23.5 Å². The van der Waals surface area contributed by atoms with Crippen LogP contribution in [0.2, 0.25) is 0 Å². The maximum atomic E-state index is 14.0. The van der Waals surface area contributed by atoms with Crippen molar-refractivity contribution in [2.75, 3.05) is 19.5 Å². The molecule has 3 heterocycles. The predicted molar refractivity (Wildman–Crippen MR) is 167 cm³/mol. The number of hydrogen-bond acceptors (Lipinski definition) is 8. The summed E-state index contributed by atoms with van der Waals surface area (Å²) in [5, 5.41) is 2.95. The van der Waals surface area contributed by atoms with Crippen LogP contribution in [-0.2, 0) is 9.53 Å². The Morgan fingerprint density at radius 2 is 1.75 bits per heavy atom. The number of anilines is 1. The average Bonchev–Trinajstić information content (AvgIpc) is 3.64. The minimum absolute atomic E-state index is 0.306. The first kappa shape index (κ1) is 28.6. The minimum atomic E-state index is -0.743. The molecule has 0 radical (unpaired) electrons. The van der Waals surface area contributed by atoms with Gasteiger partial charge in [0, 0.05) is 17.3 Å². The van der Waals surface area contributed by atoms with Crippen molar-refractivity contribution in [3.63, 3.8) is 0 Å². The van der Waals surface area contributed by atoms with Crippen LogP contribution in [0.5, 0.6) is 5.75 Å². The van der Waals surface area contributed by atoms with Gasteiger partial charge in [-0.05, 0) is 61.0 Å². The van der Waals surface area contributed by atoms with Crippen LogP contribution in [0.3, 0.4) is 0 Å². The van der Waals surface area contributed by atoms with Gasteiger partial charge in [-0.25, -0.2) is 9.79 Å². The van der Waals surface area contributed by atoms with Crippen LogP contribution in [-0.4, -0.2) is 30.7 Å². The number of carbonyl (C=O) groups excluding carboxylic acids is 2. The third kappa shape index (κ3) is 5.50. The van der Waals surface area contributed by atoms with E-state index in [0.29, 0.717) is 54.7 Å². The maximum Gasteiger partial charge on any atom is 0.337 e. The number of para-hydroxylation sites is 1. The molecular formula is C34H27N3O6S. The highest BCUT2D eigenvalue weighted by molar-refractivity contribution is 7.07. The number of nitrogens with zero attached hydrogens (tertiary/aromatic N) is 2. The molecule has 0 unspecified atom stereocenters. The van der Waals surface area contributed by atoms with E-state index in [9.17, 15) is 14.4 Å². The van der Waals surface area contributed by atoms with Gasteiger partial charge in [0.15, 0.2) is 4.80 Å². The van der Waals surface area contributed by atoms with Crippen LogP contribution in [0.1, 0.15) is 34.6 Å². The number of rotatable bonds is 7. The largest absolute Gasteiger partial charge is 0.497 e. The number of thiazole rings is 1. The second-order valence-corrected chi connectivity index (χ2v) is 11.0. The Labute approximate surface area is 256 Å². The second kappa shape index (κ2) is 12.0. The van der Waals surface area contributed by atoms with Gasteiger partial charge in [0.25, 0.3) is 11.5 Å². The number of benzene rings is 3. The molecule has 1 aliphatic heterocycles. The number of amides is 1. The lowest BCUT2D eigenvalue weighted by molar-refractivity contribution is -0.113. The fourth-order valence-electron chi connectivity index (χ4n) is 5.06. The molecule has 3 aromatic carbocycles. The van der Waals surface area contributed by atoms with E-state index in [1.54, 1.807) is 73.2 Å². The number of methoxy groups -OCH3 is 2. The average molecular weight is 606 g/mol. The molecule has 0 bridgehead atoms. The van der Waals surface area contributed by atoms with E-state index in [1.165, 1.54) is 18.4 Å². The SMILES string of the molecule is COC(=O)c1ccc(-c2ccc(/C=c3\sc4n(c3=O)[C@H](c3cccc(OC)c3)C(C(=O)Nc3ccccc3)=C(C)N=4)o2)cc1. The predicted octanol–water partition coefficient (Wildman–Crippen LogP) is 4.93. The van der Waals surface area contributed by atoms with Crippen molar-refractivity contribution >= 4 is 35.0 Å². The van der Waals surface area contributed by atoms with Gasteiger partial charge in [0.05, 0.1) is 41.6 Å². The van der Waals surface area contributed by atoms with E-state index in [0.717, 1.165) is 5.56 Å². The number of ether oxygens (including phenoxy) is 2. The van der Waals surface area contributed by atoms with Crippen molar-refractivity contribution in [1.82, 2.24) is 4.57 Å². The summed E-state index contributed by atoms with van der Waals surface area (Å²) in [5.41, 5.74) is 3.10. The highest BCUT2D eigenvalue weighted by Gasteiger charge is 2.32. The molecule has 1 aliphatic rings. The van der Waals surface area contributed by atoms with E-state index in [4.69, 9.17) is 18.9 Å². The van der Waals surface area contributed by atoms with Crippen LogP contribution in [0, 0.1) is 0 Å². The van der Waals surface area contributed by atoms with Crippen LogP contribution in [0.4, 0.5) is 5.69 Å². The summed E-state index contributed by atoms with van der Waals surface area (Å²) >= 11 is 1.22. The van der Waals surface area contributed by atoms with Crippen molar-refractivity contribution in [2.24, 2.45) is 4.99 Å². The minimum Gasteiger partial charge on any atom is -0.497 e. The zero-order valence-electron chi connectivity index (χ0n) is 24.1. The van der Waals surface area contributed by atoms with E-state index in [-0.39, 0.29) is 11.5 Å². The molecule has 10 heteroatoms. The second-order valence-electron chi connectivity index (χ2n) is 9.95. The number of aromatic nitrogens is 1. The summed E-state index contributed by atoms with van der Waals surface area (Å²) in [6.07, 6.45) is 1.67. The van der Waals surface area contributed by atoms with Crippen molar-refractivity contribution in [3.8, 4) is 17.1 Å². The number of fused-ring (bicyclic) bond motifs is 1. The Kier molecular flexibility index (Phi) is 7.82. The highest BCUT2D eigenvalue weighted by Crippen LogP contribution is 2.32. The number of allylic oxidation sites excluding steroid dienone is 1. The molecule has 0 fully saturated rings. The summed E-state index contributed by atoms with van der Waals surface area (Å²) in [5.74, 6) is 0.872. The molecule has 2 aromatic heterocycles. The molecule has 0 saturated carbocycles. The van der Waals surface area contributed by atoms with Crippen LogP contribution < -0.4 is 24.9 Å². The molecule has 220 valence electrons. The van der Waals surface area contributed by atoms with Crippen LogP contribution in [0.25, 0.3) is 17.4 Å². The Morgan fingerprint density at radius 3 is 2.48 bits per heavy atom. The van der Waals surface area contributed by atoms with Gasteiger partial charge in [-0.2, -0.15) is 0 Å². The molecule has 9 nitrogen and oxygen atoms in total. The first-order valence-corrected chi connectivity index (χ1v) is 14.5. The summed E-state index contributed by atoms with van der Waals surface area (Å²) in [4.78, 5) is 44.7. The lowest BCUT2D eigenvalue weighted by Crippen LogP contribution is -2.40. The molecule has 1 atom stereocenters. The standard InChI is InChI=1S/C34H27N3O6S/c1-20-29(31(38)36-24-9-5-4-6-10-24)30(23-8-7-11-25(18-23)41-2)37-32(39)28(44-34(37)35-20)19-26-16-17-27(43-26)21-12-14-22(15-13-21)33(40)42-3/h4-19,30H,1-3H3,(H,36,38)/b28-19-/t30-/m1/s1. The zero-order chi connectivity index (χ0) is 30.8. The van der Waals surface area contributed by atoms with E-state index in [2.05, 4.69) is 5.32 Å². The van der Waals surface area contributed by atoms with Gasteiger partial charge >= 0.3 is 5.97 Å². The van der Waals surface area contributed by atoms with Crippen molar-refractivity contribution in [3.05, 3.63) is 139 Å². The molecular weight excluding hydrogens is 578 g/mol. The van der Waals surface area contributed by atoms with Crippen molar-refractivity contribution in [2.45, 2.75) is 13.0 Å². The van der Waals surface area contributed by atoms with Gasteiger partial charge in [-0.1, -0.05) is 53.8 Å².